The number of hydrogen-bond donors (Lipinski definition) is 2. The van der Waals surface area contributed by atoms with E-state index in [9.17, 15) is 5.11 Å². The third-order valence-electron chi connectivity index (χ3n) is 3.58. The Kier molecular flexibility index (Phi) is 3.76. The van der Waals surface area contributed by atoms with E-state index < -0.39 is 0 Å². The third-order valence-corrected chi connectivity index (χ3v) is 4.39. The molecule has 0 aliphatic carbocycles. The summed E-state index contributed by atoms with van der Waals surface area (Å²) in [5.74, 6) is 0.955. The summed E-state index contributed by atoms with van der Waals surface area (Å²) in [6, 6.07) is 14.2. The van der Waals surface area contributed by atoms with Crippen molar-refractivity contribution in [3.8, 4) is 5.75 Å². The Morgan fingerprint density at radius 3 is 2.80 bits per heavy atom. The van der Waals surface area contributed by atoms with Gasteiger partial charge in [-0.1, -0.05) is 35.6 Å². The van der Waals surface area contributed by atoms with Crippen LogP contribution in [0.3, 0.4) is 0 Å². The minimum Gasteiger partial charge on any atom is -0.508 e. The van der Waals surface area contributed by atoms with E-state index in [1.807, 2.05) is 24.3 Å². The standard InChI is InChI=1S/C17H12N6OS/c1-18-12-3-2-4-13(10-12)19-16-22-23-15(20-21-17(23)25-16)9-11-5-7-14(24)8-6-11/h2-8,10,24H,9H2,(H,19,22). The Morgan fingerprint density at radius 1 is 1.16 bits per heavy atom. The van der Waals surface area contributed by atoms with Crippen LogP contribution < -0.4 is 5.32 Å². The Labute approximate surface area is 147 Å². The molecule has 2 aromatic heterocycles. The first kappa shape index (κ1) is 15.1. The molecule has 4 rings (SSSR count). The monoisotopic (exact) mass is 348 g/mol. The molecule has 0 saturated carbocycles. The number of nitrogens with zero attached hydrogens (tertiary/aromatic N) is 5. The normalized spacial score (nSPS) is 10.7. The number of fused-ring (bicyclic) bond motifs is 1. The SMILES string of the molecule is [C-]#[N+]c1cccc(Nc2nn3c(Cc4ccc(O)cc4)nnc3s2)c1. The van der Waals surface area contributed by atoms with Gasteiger partial charge >= 0.3 is 0 Å². The molecule has 0 bridgehead atoms. The number of aromatic nitrogens is 4. The molecule has 8 heteroatoms. The maximum absolute atomic E-state index is 9.36. The van der Waals surface area contributed by atoms with Gasteiger partial charge < -0.3 is 10.4 Å². The molecular weight excluding hydrogens is 336 g/mol. The number of rotatable bonds is 4. The van der Waals surface area contributed by atoms with Gasteiger partial charge in [0.15, 0.2) is 11.5 Å². The highest BCUT2D eigenvalue weighted by Gasteiger charge is 2.12. The van der Waals surface area contributed by atoms with Crippen molar-refractivity contribution in [2.45, 2.75) is 6.42 Å². The number of aromatic hydroxyl groups is 1. The number of nitrogens with one attached hydrogen (secondary N) is 1. The van der Waals surface area contributed by atoms with Gasteiger partial charge in [-0.15, -0.1) is 15.3 Å². The van der Waals surface area contributed by atoms with Crippen molar-refractivity contribution in [3.05, 3.63) is 71.3 Å². The maximum Gasteiger partial charge on any atom is 0.236 e. The van der Waals surface area contributed by atoms with Crippen molar-refractivity contribution in [2.75, 3.05) is 5.32 Å². The number of phenols is 1. The second-order valence-electron chi connectivity index (χ2n) is 5.35. The van der Waals surface area contributed by atoms with Crippen molar-refractivity contribution in [1.82, 2.24) is 19.8 Å². The van der Waals surface area contributed by atoms with Crippen molar-refractivity contribution >= 4 is 32.8 Å². The summed E-state index contributed by atoms with van der Waals surface area (Å²) in [5, 5.41) is 26.1. The minimum absolute atomic E-state index is 0.233. The number of phenolic OH excluding ortho intramolecular Hbond substituents is 1. The van der Waals surface area contributed by atoms with E-state index in [0.29, 0.717) is 22.2 Å². The maximum atomic E-state index is 9.36. The van der Waals surface area contributed by atoms with E-state index in [1.54, 1.807) is 28.8 Å². The summed E-state index contributed by atoms with van der Waals surface area (Å²) in [6.07, 6.45) is 0.567. The molecule has 0 radical (unpaired) electrons. The molecule has 0 fully saturated rings. The topological polar surface area (TPSA) is 79.7 Å². The number of benzene rings is 2. The first-order valence-corrected chi connectivity index (χ1v) is 8.26. The molecule has 25 heavy (non-hydrogen) atoms. The zero-order chi connectivity index (χ0) is 17.2. The summed E-state index contributed by atoms with van der Waals surface area (Å²) in [7, 11) is 0. The van der Waals surface area contributed by atoms with Crippen molar-refractivity contribution < 1.29 is 5.11 Å². The van der Waals surface area contributed by atoms with Gasteiger partial charge in [0, 0.05) is 12.1 Å². The van der Waals surface area contributed by atoms with Gasteiger partial charge in [-0.3, -0.25) is 0 Å². The summed E-state index contributed by atoms with van der Waals surface area (Å²) in [6.45, 7) is 7.08. The second kappa shape index (κ2) is 6.22. The Morgan fingerprint density at radius 2 is 2.00 bits per heavy atom. The van der Waals surface area contributed by atoms with Gasteiger partial charge in [0.1, 0.15) is 5.75 Å². The lowest BCUT2D eigenvalue weighted by molar-refractivity contribution is 0.475. The molecule has 0 amide bonds. The fraction of sp³-hybridized carbons (Fsp3) is 0.0588. The molecule has 4 aromatic rings. The molecule has 0 saturated heterocycles. The van der Waals surface area contributed by atoms with E-state index in [-0.39, 0.29) is 5.75 Å². The average Bonchev–Trinajstić information content (AvgIpc) is 3.18. The fourth-order valence-corrected chi connectivity index (χ4v) is 3.17. The molecular formula is C17H12N6OS. The molecule has 2 N–H and O–H groups in total. The van der Waals surface area contributed by atoms with Crippen molar-refractivity contribution in [3.63, 3.8) is 0 Å². The van der Waals surface area contributed by atoms with Crippen LogP contribution in [-0.2, 0) is 6.42 Å². The molecule has 2 aromatic carbocycles. The molecule has 0 aliphatic rings. The van der Waals surface area contributed by atoms with Crippen molar-refractivity contribution in [1.29, 1.82) is 0 Å². The van der Waals surface area contributed by atoms with Gasteiger partial charge in [-0.25, -0.2) is 4.85 Å². The van der Waals surface area contributed by atoms with Crippen LogP contribution in [0.2, 0.25) is 0 Å². The van der Waals surface area contributed by atoms with Gasteiger partial charge in [0.2, 0.25) is 10.1 Å². The first-order valence-electron chi connectivity index (χ1n) is 7.45. The molecule has 0 aliphatic heterocycles. The van der Waals surface area contributed by atoms with Gasteiger partial charge in [0.05, 0.1) is 6.57 Å². The molecule has 0 unspecified atom stereocenters. The highest BCUT2D eigenvalue weighted by atomic mass is 32.1. The molecule has 7 nitrogen and oxygen atoms in total. The van der Waals surface area contributed by atoms with Crippen LogP contribution in [-0.4, -0.2) is 24.9 Å². The lowest BCUT2D eigenvalue weighted by Gasteiger charge is -2.02. The minimum atomic E-state index is 0.233. The first-order chi connectivity index (χ1) is 12.2. The predicted molar refractivity (Wildman–Crippen MR) is 95.6 cm³/mol. The van der Waals surface area contributed by atoms with Crippen LogP contribution in [0.4, 0.5) is 16.5 Å². The summed E-state index contributed by atoms with van der Waals surface area (Å²) in [4.78, 5) is 4.11. The Bertz CT molecular complexity index is 1080. The van der Waals surface area contributed by atoms with E-state index in [2.05, 4.69) is 25.5 Å². The van der Waals surface area contributed by atoms with Crippen LogP contribution in [0.5, 0.6) is 5.75 Å². The smallest absolute Gasteiger partial charge is 0.236 e. The van der Waals surface area contributed by atoms with Crippen LogP contribution >= 0.6 is 11.3 Å². The number of anilines is 2. The summed E-state index contributed by atoms with van der Waals surface area (Å²) >= 11 is 1.39. The van der Waals surface area contributed by atoms with E-state index in [4.69, 9.17) is 6.57 Å². The van der Waals surface area contributed by atoms with E-state index in [0.717, 1.165) is 17.1 Å². The summed E-state index contributed by atoms with van der Waals surface area (Å²) in [5.41, 5.74) is 2.39. The third kappa shape index (κ3) is 3.13. The molecule has 0 spiro atoms. The zero-order valence-electron chi connectivity index (χ0n) is 12.9. The quantitative estimate of drug-likeness (QED) is 0.549. The van der Waals surface area contributed by atoms with Crippen molar-refractivity contribution in [2.24, 2.45) is 0 Å². The fourth-order valence-electron chi connectivity index (χ4n) is 2.39. The highest BCUT2D eigenvalue weighted by molar-refractivity contribution is 7.20. The lowest BCUT2D eigenvalue weighted by Crippen LogP contribution is -1.98. The highest BCUT2D eigenvalue weighted by Crippen LogP contribution is 2.26. The summed E-state index contributed by atoms with van der Waals surface area (Å²) < 4.78 is 1.71. The number of hydrogen-bond acceptors (Lipinski definition) is 6. The lowest BCUT2D eigenvalue weighted by atomic mass is 10.1. The van der Waals surface area contributed by atoms with Gasteiger partial charge in [0.25, 0.3) is 0 Å². The Hall–Kier alpha value is -3.44. The van der Waals surface area contributed by atoms with Crippen LogP contribution in [0.1, 0.15) is 11.4 Å². The second-order valence-corrected chi connectivity index (χ2v) is 6.30. The van der Waals surface area contributed by atoms with E-state index >= 15 is 0 Å². The van der Waals surface area contributed by atoms with Crippen LogP contribution in [0.15, 0.2) is 48.5 Å². The molecule has 2 heterocycles. The van der Waals surface area contributed by atoms with E-state index in [1.165, 1.54) is 11.3 Å². The van der Waals surface area contributed by atoms with Crippen LogP contribution in [0.25, 0.3) is 9.81 Å². The molecule has 122 valence electrons. The van der Waals surface area contributed by atoms with Gasteiger partial charge in [-0.2, -0.15) is 4.52 Å². The van der Waals surface area contributed by atoms with Crippen LogP contribution in [0, 0.1) is 6.57 Å². The largest absolute Gasteiger partial charge is 0.508 e. The average molecular weight is 348 g/mol. The zero-order valence-corrected chi connectivity index (χ0v) is 13.7. The predicted octanol–water partition coefficient (Wildman–Crippen LogP) is 3.78. The van der Waals surface area contributed by atoms with Gasteiger partial charge in [-0.05, 0) is 29.8 Å². The Balaban J connectivity index is 1.59. The molecule has 0 atom stereocenters.